The third kappa shape index (κ3) is 7.73. The van der Waals surface area contributed by atoms with Crippen LogP contribution < -0.4 is 5.73 Å². The van der Waals surface area contributed by atoms with Crippen molar-refractivity contribution in [2.24, 2.45) is 5.73 Å². The SMILES string of the molecule is C=C1Cc2ccc(CCC(=O)CCCCCCCCCCCCC=O)cc2C1(N)c1ccccc1. The highest BCUT2D eigenvalue weighted by Crippen LogP contribution is 2.43. The molecule has 1 aliphatic carbocycles. The number of aryl methyl sites for hydroxylation is 1. The molecule has 0 heterocycles. The van der Waals surface area contributed by atoms with Crippen molar-refractivity contribution in [1.82, 2.24) is 0 Å². The molecule has 35 heavy (non-hydrogen) atoms. The number of aldehydes is 1. The van der Waals surface area contributed by atoms with Crippen molar-refractivity contribution in [2.75, 3.05) is 0 Å². The normalized spacial score (nSPS) is 16.9. The molecule has 2 aromatic carbocycles. The topological polar surface area (TPSA) is 60.2 Å². The largest absolute Gasteiger partial charge is 0.314 e. The summed E-state index contributed by atoms with van der Waals surface area (Å²) < 4.78 is 0. The number of hydrogen-bond acceptors (Lipinski definition) is 3. The van der Waals surface area contributed by atoms with E-state index in [1.54, 1.807) is 0 Å². The standard InChI is InChI=1S/C32H43NO2/c1-26-24-28-21-19-27(25-31(28)32(26,33)29-16-12-11-13-17-29)20-22-30(35)18-14-9-7-5-3-2-4-6-8-10-15-23-34/h11-13,16-17,19,21,23,25H,1-10,14-15,18,20,22,24,33H2. The first-order chi connectivity index (χ1) is 17.1. The summed E-state index contributed by atoms with van der Waals surface area (Å²) in [7, 11) is 0. The Hall–Kier alpha value is -2.52. The molecule has 3 rings (SSSR count). The molecule has 0 spiro atoms. The van der Waals surface area contributed by atoms with Crippen LogP contribution in [0, 0.1) is 0 Å². The van der Waals surface area contributed by atoms with Gasteiger partial charge in [0.2, 0.25) is 0 Å². The van der Waals surface area contributed by atoms with E-state index in [2.05, 4.69) is 36.9 Å². The summed E-state index contributed by atoms with van der Waals surface area (Å²) in [6.45, 7) is 4.30. The Morgan fingerprint density at radius 2 is 1.49 bits per heavy atom. The predicted octanol–water partition coefficient (Wildman–Crippen LogP) is 7.38. The lowest BCUT2D eigenvalue weighted by atomic mass is 9.82. The van der Waals surface area contributed by atoms with Gasteiger partial charge in [0.05, 0.1) is 5.54 Å². The van der Waals surface area contributed by atoms with E-state index in [9.17, 15) is 9.59 Å². The third-order valence-corrected chi connectivity index (χ3v) is 7.51. The number of rotatable bonds is 17. The summed E-state index contributed by atoms with van der Waals surface area (Å²) in [5.74, 6) is 0.368. The number of nitrogens with two attached hydrogens (primary N) is 1. The number of benzene rings is 2. The Morgan fingerprint density at radius 1 is 0.857 bits per heavy atom. The Kier molecular flexibility index (Phi) is 10.9. The average molecular weight is 474 g/mol. The molecule has 0 bridgehead atoms. The van der Waals surface area contributed by atoms with Crippen molar-refractivity contribution >= 4 is 12.1 Å². The van der Waals surface area contributed by atoms with Crippen molar-refractivity contribution < 1.29 is 9.59 Å². The van der Waals surface area contributed by atoms with Gasteiger partial charge in [-0.05, 0) is 53.5 Å². The van der Waals surface area contributed by atoms with Crippen LogP contribution in [0.2, 0.25) is 0 Å². The number of Topliss-reactive ketones (excluding diaryl/α,β-unsaturated/α-hetero) is 1. The highest BCUT2D eigenvalue weighted by atomic mass is 16.1. The van der Waals surface area contributed by atoms with Crippen LogP contribution in [0.1, 0.15) is 106 Å². The first kappa shape index (κ1) is 27.1. The fraction of sp³-hybridized carbons (Fsp3) is 0.500. The maximum absolute atomic E-state index is 12.5. The van der Waals surface area contributed by atoms with Gasteiger partial charge in [-0.1, -0.05) is 106 Å². The van der Waals surface area contributed by atoms with E-state index in [0.29, 0.717) is 25.0 Å². The minimum absolute atomic E-state index is 0.368. The van der Waals surface area contributed by atoms with E-state index in [1.807, 2.05) is 18.2 Å². The smallest absolute Gasteiger partial charge is 0.133 e. The molecule has 0 radical (unpaired) electrons. The van der Waals surface area contributed by atoms with Crippen LogP contribution >= 0.6 is 0 Å². The first-order valence-corrected chi connectivity index (χ1v) is 13.7. The van der Waals surface area contributed by atoms with Crippen LogP contribution in [0.3, 0.4) is 0 Å². The summed E-state index contributed by atoms with van der Waals surface area (Å²) in [6.07, 6.45) is 16.6. The number of hydrogen-bond donors (Lipinski definition) is 1. The quantitative estimate of drug-likeness (QED) is 0.148. The molecule has 0 amide bonds. The third-order valence-electron chi connectivity index (χ3n) is 7.51. The van der Waals surface area contributed by atoms with Crippen molar-refractivity contribution in [3.8, 4) is 0 Å². The summed E-state index contributed by atoms with van der Waals surface area (Å²) in [5, 5.41) is 0. The molecule has 1 unspecified atom stereocenters. The van der Waals surface area contributed by atoms with E-state index in [-0.39, 0.29) is 0 Å². The van der Waals surface area contributed by atoms with Crippen LogP contribution in [0.15, 0.2) is 60.7 Å². The second-order valence-electron chi connectivity index (χ2n) is 10.2. The molecule has 3 heteroatoms. The Balaban J connectivity index is 1.34. The van der Waals surface area contributed by atoms with Gasteiger partial charge >= 0.3 is 0 Å². The molecule has 0 aromatic heterocycles. The van der Waals surface area contributed by atoms with E-state index < -0.39 is 5.54 Å². The molecular formula is C32H43NO2. The summed E-state index contributed by atoms with van der Waals surface area (Å²) in [4.78, 5) is 22.8. The van der Waals surface area contributed by atoms with Crippen molar-refractivity contribution in [3.05, 3.63) is 82.9 Å². The van der Waals surface area contributed by atoms with E-state index in [1.165, 1.54) is 56.1 Å². The van der Waals surface area contributed by atoms with Gasteiger partial charge in [-0.15, -0.1) is 0 Å². The predicted molar refractivity (Wildman–Crippen MR) is 145 cm³/mol. The zero-order valence-corrected chi connectivity index (χ0v) is 21.4. The van der Waals surface area contributed by atoms with Gasteiger partial charge in [-0.3, -0.25) is 4.79 Å². The number of unbranched alkanes of at least 4 members (excludes halogenated alkanes) is 10. The molecule has 0 saturated heterocycles. The van der Waals surface area contributed by atoms with Gasteiger partial charge in [0, 0.05) is 19.3 Å². The van der Waals surface area contributed by atoms with Gasteiger partial charge < -0.3 is 10.5 Å². The zero-order chi connectivity index (χ0) is 24.9. The zero-order valence-electron chi connectivity index (χ0n) is 21.4. The lowest BCUT2D eigenvalue weighted by molar-refractivity contribution is -0.119. The molecule has 0 saturated carbocycles. The van der Waals surface area contributed by atoms with Crippen molar-refractivity contribution in [1.29, 1.82) is 0 Å². The van der Waals surface area contributed by atoms with Crippen LogP contribution in [0.5, 0.6) is 0 Å². The molecule has 0 aliphatic heterocycles. The average Bonchev–Trinajstić information content (AvgIpc) is 3.14. The molecule has 1 atom stereocenters. The lowest BCUT2D eigenvalue weighted by Crippen LogP contribution is -2.37. The summed E-state index contributed by atoms with van der Waals surface area (Å²) >= 11 is 0. The van der Waals surface area contributed by atoms with Gasteiger partial charge in [0.25, 0.3) is 0 Å². The molecule has 2 N–H and O–H groups in total. The van der Waals surface area contributed by atoms with E-state index in [0.717, 1.165) is 55.1 Å². The molecular weight excluding hydrogens is 430 g/mol. The second-order valence-corrected chi connectivity index (χ2v) is 10.2. The maximum atomic E-state index is 12.5. The van der Waals surface area contributed by atoms with Gasteiger partial charge in [0.15, 0.2) is 0 Å². The molecule has 1 aliphatic rings. The monoisotopic (exact) mass is 473 g/mol. The van der Waals surface area contributed by atoms with Crippen LogP contribution in [-0.4, -0.2) is 12.1 Å². The van der Waals surface area contributed by atoms with E-state index in [4.69, 9.17) is 5.73 Å². The van der Waals surface area contributed by atoms with Crippen LogP contribution in [-0.2, 0) is 28.0 Å². The Bertz CT molecular complexity index is 965. The molecule has 188 valence electrons. The second kappa shape index (κ2) is 14.1. The minimum Gasteiger partial charge on any atom is -0.314 e. The van der Waals surface area contributed by atoms with Crippen molar-refractivity contribution in [2.45, 2.75) is 102 Å². The molecule has 3 nitrogen and oxygen atoms in total. The number of carbonyl (C=O) groups is 2. The number of carbonyl (C=O) groups excluding carboxylic acids is 2. The number of ketones is 1. The Labute approximate surface area is 212 Å². The van der Waals surface area contributed by atoms with Crippen LogP contribution in [0.25, 0.3) is 0 Å². The first-order valence-electron chi connectivity index (χ1n) is 13.7. The summed E-state index contributed by atoms with van der Waals surface area (Å²) in [6, 6.07) is 16.7. The summed E-state index contributed by atoms with van der Waals surface area (Å²) in [5.41, 5.74) is 12.0. The van der Waals surface area contributed by atoms with Crippen molar-refractivity contribution in [3.63, 3.8) is 0 Å². The van der Waals surface area contributed by atoms with E-state index >= 15 is 0 Å². The minimum atomic E-state index is -0.646. The van der Waals surface area contributed by atoms with Gasteiger partial charge in [-0.2, -0.15) is 0 Å². The molecule has 0 fully saturated rings. The fourth-order valence-electron chi connectivity index (χ4n) is 5.29. The number of fused-ring (bicyclic) bond motifs is 1. The van der Waals surface area contributed by atoms with Crippen LogP contribution in [0.4, 0.5) is 0 Å². The van der Waals surface area contributed by atoms with Gasteiger partial charge in [-0.25, -0.2) is 0 Å². The maximum Gasteiger partial charge on any atom is 0.133 e. The molecule has 2 aromatic rings. The van der Waals surface area contributed by atoms with Gasteiger partial charge in [0.1, 0.15) is 12.1 Å². The Morgan fingerprint density at radius 3 is 2.14 bits per heavy atom. The highest BCUT2D eigenvalue weighted by Gasteiger charge is 2.39. The highest BCUT2D eigenvalue weighted by molar-refractivity contribution is 5.78. The fourth-order valence-corrected chi connectivity index (χ4v) is 5.29. The lowest BCUT2D eigenvalue weighted by Gasteiger charge is -2.28.